The number of benzene rings is 1. The van der Waals surface area contributed by atoms with Crippen LogP contribution in [0, 0.1) is 0 Å². The van der Waals surface area contributed by atoms with Gasteiger partial charge in [-0.25, -0.2) is 0 Å². The summed E-state index contributed by atoms with van der Waals surface area (Å²) in [5, 5.41) is 0. The maximum Gasteiger partial charge on any atom is 0.0736 e. The number of unbranched alkanes of at least 4 members (excludes halogenated alkanes) is 7. The fourth-order valence-corrected chi connectivity index (χ4v) is 2.26. The van der Waals surface area contributed by atoms with E-state index in [9.17, 15) is 0 Å². The molecule has 0 heterocycles. The van der Waals surface area contributed by atoms with Gasteiger partial charge in [-0.05, 0) is 18.6 Å². The van der Waals surface area contributed by atoms with Gasteiger partial charge in [0, 0.05) is 23.5 Å². The summed E-state index contributed by atoms with van der Waals surface area (Å²) < 4.78 is 5.66. The third-order valence-electron chi connectivity index (χ3n) is 3.57. The van der Waals surface area contributed by atoms with E-state index in [-0.39, 0.29) is 0 Å². The van der Waals surface area contributed by atoms with Crippen molar-refractivity contribution in [2.45, 2.75) is 64.9 Å². The van der Waals surface area contributed by atoms with Gasteiger partial charge in [0.25, 0.3) is 0 Å². The van der Waals surface area contributed by atoms with E-state index in [1.54, 1.807) is 6.07 Å². The number of nitrogen functional groups attached to an aromatic ring is 2. The summed E-state index contributed by atoms with van der Waals surface area (Å²) >= 11 is 0. The second kappa shape index (κ2) is 10.6. The molecule has 20 heavy (non-hydrogen) atoms. The molecule has 4 N–H and O–H groups in total. The first-order chi connectivity index (χ1) is 9.74. The van der Waals surface area contributed by atoms with Gasteiger partial charge in [-0.2, -0.15) is 0 Å². The minimum atomic E-state index is 0.586. The Labute approximate surface area is 123 Å². The number of hydrogen-bond donors (Lipinski definition) is 2. The van der Waals surface area contributed by atoms with Gasteiger partial charge >= 0.3 is 0 Å². The molecule has 0 saturated carbocycles. The average molecular weight is 278 g/mol. The molecule has 1 aromatic carbocycles. The molecule has 0 aliphatic heterocycles. The van der Waals surface area contributed by atoms with Crippen molar-refractivity contribution in [2.24, 2.45) is 0 Å². The topological polar surface area (TPSA) is 61.3 Å². The van der Waals surface area contributed by atoms with E-state index >= 15 is 0 Å². The summed E-state index contributed by atoms with van der Waals surface area (Å²) in [4.78, 5) is 0. The van der Waals surface area contributed by atoms with Crippen molar-refractivity contribution in [3.05, 3.63) is 23.8 Å². The Morgan fingerprint density at radius 2 is 1.55 bits per heavy atom. The molecule has 0 saturated heterocycles. The van der Waals surface area contributed by atoms with Gasteiger partial charge in [-0.3, -0.25) is 0 Å². The van der Waals surface area contributed by atoms with E-state index in [2.05, 4.69) is 6.92 Å². The van der Waals surface area contributed by atoms with Crippen molar-refractivity contribution in [2.75, 3.05) is 18.1 Å². The normalized spacial score (nSPS) is 10.8. The highest BCUT2D eigenvalue weighted by atomic mass is 16.5. The van der Waals surface area contributed by atoms with Gasteiger partial charge in [-0.15, -0.1) is 0 Å². The lowest BCUT2D eigenvalue weighted by Crippen LogP contribution is -2.00. The van der Waals surface area contributed by atoms with Gasteiger partial charge in [0.1, 0.15) is 0 Å². The summed E-state index contributed by atoms with van der Waals surface area (Å²) in [6.45, 7) is 3.66. The van der Waals surface area contributed by atoms with Crippen LogP contribution in [0.3, 0.4) is 0 Å². The lowest BCUT2D eigenvalue weighted by Gasteiger charge is -2.08. The standard InChI is InChI=1S/C17H30N2O/c1-2-3-4-5-6-7-8-9-12-20-14-15-10-11-16(18)13-17(15)19/h10-11,13H,2-9,12,14,18-19H2,1H3. The number of ether oxygens (including phenoxy) is 1. The molecule has 0 aromatic heterocycles. The number of hydrogen-bond acceptors (Lipinski definition) is 3. The zero-order valence-corrected chi connectivity index (χ0v) is 12.9. The first-order valence-corrected chi connectivity index (χ1v) is 7.95. The summed E-state index contributed by atoms with van der Waals surface area (Å²) in [6, 6.07) is 5.60. The van der Waals surface area contributed by atoms with Crippen LogP contribution in [0.5, 0.6) is 0 Å². The number of rotatable bonds is 11. The molecule has 0 aliphatic rings. The summed E-state index contributed by atoms with van der Waals surface area (Å²) in [6.07, 6.45) is 10.6. The molecule has 0 bridgehead atoms. The van der Waals surface area contributed by atoms with Gasteiger partial charge in [-0.1, -0.05) is 57.9 Å². The molecule has 0 unspecified atom stereocenters. The maximum absolute atomic E-state index is 5.88. The van der Waals surface area contributed by atoms with Crippen molar-refractivity contribution >= 4 is 11.4 Å². The van der Waals surface area contributed by atoms with Crippen LogP contribution >= 0.6 is 0 Å². The molecule has 0 radical (unpaired) electrons. The van der Waals surface area contributed by atoms with Crippen LogP contribution in [0.1, 0.15) is 63.9 Å². The molecular weight excluding hydrogens is 248 g/mol. The van der Waals surface area contributed by atoms with E-state index < -0.39 is 0 Å². The molecule has 0 atom stereocenters. The fraction of sp³-hybridized carbons (Fsp3) is 0.647. The number of anilines is 2. The number of nitrogens with two attached hydrogens (primary N) is 2. The first kappa shape index (κ1) is 16.8. The van der Waals surface area contributed by atoms with Crippen LogP contribution in [0.25, 0.3) is 0 Å². The van der Waals surface area contributed by atoms with Crippen molar-refractivity contribution in [3.8, 4) is 0 Å². The van der Waals surface area contributed by atoms with E-state index in [1.807, 2.05) is 12.1 Å². The molecule has 1 aromatic rings. The second-order valence-corrected chi connectivity index (χ2v) is 5.49. The van der Waals surface area contributed by atoms with E-state index in [0.717, 1.165) is 24.3 Å². The molecular formula is C17H30N2O. The zero-order chi connectivity index (χ0) is 14.6. The highest BCUT2D eigenvalue weighted by Crippen LogP contribution is 2.16. The van der Waals surface area contributed by atoms with Crippen LogP contribution in [-0.4, -0.2) is 6.61 Å². The van der Waals surface area contributed by atoms with E-state index in [1.165, 1.54) is 44.9 Å². The van der Waals surface area contributed by atoms with E-state index in [4.69, 9.17) is 16.2 Å². The predicted octanol–water partition coefficient (Wildman–Crippen LogP) is 4.51. The summed E-state index contributed by atoms with van der Waals surface area (Å²) in [7, 11) is 0. The van der Waals surface area contributed by atoms with Gasteiger partial charge < -0.3 is 16.2 Å². The minimum Gasteiger partial charge on any atom is -0.399 e. The van der Waals surface area contributed by atoms with Crippen molar-refractivity contribution < 1.29 is 4.74 Å². The van der Waals surface area contributed by atoms with Crippen LogP contribution in [0.2, 0.25) is 0 Å². The average Bonchev–Trinajstić information content (AvgIpc) is 2.43. The highest BCUT2D eigenvalue weighted by molar-refractivity contribution is 5.56. The molecule has 0 fully saturated rings. The molecule has 0 spiro atoms. The van der Waals surface area contributed by atoms with Crippen LogP contribution in [0.15, 0.2) is 18.2 Å². The second-order valence-electron chi connectivity index (χ2n) is 5.49. The van der Waals surface area contributed by atoms with Crippen molar-refractivity contribution in [1.29, 1.82) is 0 Å². The van der Waals surface area contributed by atoms with Crippen LogP contribution in [-0.2, 0) is 11.3 Å². The molecule has 3 heteroatoms. The van der Waals surface area contributed by atoms with Crippen LogP contribution < -0.4 is 11.5 Å². The Morgan fingerprint density at radius 3 is 2.20 bits per heavy atom. The Morgan fingerprint density at radius 1 is 0.900 bits per heavy atom. The molecule has 1 rings (SSSR count). The largest absolute Gasteiger partial charge is 0.399 e. The third kappa shape index (κ3) is 7.39. The summed E-state index contributed by atoms with van der Waals surface area (Å²) in [5.74, 6) is 0. The first-order valence-electron chi connectivity index (χ1n) is 7.95. The Balaban J connectivity index is 1.97. The van der Waals surface area contributed by atoms with Gasteiger partial charge in [0.05, 0.1) is 6.61 Å². The quantitative estimate of drug-likeness (QED) is 0.462. The van der Waals surface area contributed by atoms with Gasteiger partial charge in [0.2, 0.25) is 0 Å². The zero-order valence-electron chi connectivity index (χ0n) is 12.9. The Bertz CT molecular complexity index is 366. The molecule has 3 nitrogen and oxygen atoms in total. The van der Waals surface area contributed by atoms with Crippen molar-refractivity contribution in [1.82, 2.24) is 0 Å². The molecule has 0 aliphatic carbocycles. The monoisotopic (exact) mass is 278 g/mol. The van der Waals surface area contributed by atoms with E-state index in [0.29, 0.717) is 12.3 Å². The lowest BCUT2D eigenvalue weighted by atomic mass is 10.1. The highest BCUT2D eigenvalue weighted by Gasteiger charge is 1.99. The third-order valence-corrected chi connectivity index (χ3v) is 3.57. The fourth-order valence-electron chi connectivity index (χ4n) is 2.26. The minimum absolute atomic E-state index is 0.586. The summed E-state index contributed by atoms with van der Waals surface area (Å²) in [5.41, 5.74) is 14.0. The Hall–Kier alpha value is -1.22. The predicted molar refractivity (Wildman–Crippen MR) is 87.5 cm³/mol. The van der Waals surface area contributed by atoms with Crippen LogP contribution in [0.4, 0.5) is 11.4 Å². The maximum atomic E-state index is 5.88. The smallest absolute Gasteiger partial charge is 0.0736 e. The lowest BCUT2D eigenvalue weighted by molar-refractivity contribution is 0.117. The molecule has 114 valence electrons. The Kier molecular flexibility index (Phi) is 8.88. The molecule has 0 amide bonds. The van der Waals surface area contributed by atoms with Crippen molar-refractivity contribution in [3.63, 3.8) is 0 Å². The SMILES string of the molecule is CCCCCCCCCCOCc1ccc(N)cc1N. The van der Waals surface area contributed by atoms with Gasteiger partial charge in [0.15, 0.2) is 0 Å².